The number of carboxylic acid groups (broad SMARTS) is 1. The van der Waals surface area contributed by atoms with E-state index in [9.17, 15) is 18.7 Å². The Morgan fingerprint density at radius 2 is 1.88 bits per heavy atom. The van der Waals surface area contributed by atoms with Gasteiger partial charge in [0.2, 0.25) is 0 Å². The Kier molecular flexibility index (Phi) is 3.79. The topological polar surface area (TPSA) is 42.2 Å². The van der Waals surface area contributed by atoms with Crippen LogP contribution in [0.15, 0.2) is 36.4 Å². The smallest absolute Gasteiger partial charge is 0.335 e. The summed E-state index contributed by atoms with van der Waals surface area (Å²) in [6.07, 6.45) is 3.98. The van der Waals surface area contributed by atoms with Gasteiger partial charge in [-0.05, 0) is 49.4 Å². The number of carbonyl (C=O) groups is 1. The quantitative estimate of drug-likeness (QED) is 0.760. The molecule has 0 aliphatic heterocycles. The predicted molar refractivity (Wildman–Crippen MR) is 91.0 cm³/mol. The van der Waals surface area contributed by atoms with E-state index in [1.165, 1.54) is 17.7 Å². The highest BCUT2D eigenvalue weighted by atomic mass is 19.1. The van der Waals surface area contributed by atoms with Gasteiger partial charge in [0.1, 0.15) is 11.6 Å². The van der Waals surface area contributed by atoms with Crippen LogP contribution >= 0.6 is 0 Å². The number of halogens is 2. The van der Waals surface area contributed by atoms with Crippen LogP contribution in [0, 0.1) is 11.6 Å². The average Bonchev–Trinajstić information content (AvgIpc) is 2.91. The SMILES string of the molecule is O=C(O)c1ccc2c3c(n(Cc4ccc(F)cc4F)c2c1)CCCC3. The van der Waals surface area contributed by atoms with E-state index < -0.39 is 17.6 Å². The van der Waals surface area contributed by atoms with Crippen LogP contribution < -0.4 is 0 Å². The second kappa shape index (κ2) is 5.99. The second-order valence-electron chi connectivity index (χ2n) is 6.49. The molecule has 1 aliphatic rings. The number of aryl methyl sites for hydroxylation is 1. The van der Waals surface area contributed by atoms with Gasteiger partial charge in [0.05, 0.1) is 12.1 Å². The Labute approximate surface area is 143 Å². The van der Waals surface area contributed by atoms with Crippen molar-refractivity contribution < 1.29 is 18.7 Å². The Hall–Kier alpha value is -2.69. The summed E-state index contributed by atoms with van der Waals surface area (Å²) >= 11 is 0. The van der Waals surface area contributed by atoms with E-state index in [0.29, 0.717) is 5.56 Å². The van der Waals surface area contributed by atoms with Crippen LogP contribution in [-0.4, -0.2) is 15.6 Å². The van der Waals surface area contributed by atoms with Crippen molar-refractivity contribution in [1.82, 2.24) is 4.57 Å². The van der Waals surface area contributed by atoms with Crippen LogP contribution in [-0.2, 0) is 19.4 Å². The third-order valence-electron chi connectivity index (χ3n) is 4.97. The first-order valence-electron chi connectivity index (χ1n) is 8.36. The summed E-state index contributed by atoms with van der Waals surface area (Å²) in [6.45, 7) is 0.265. The molecule has 0 amide bonds. The molecule has 4 rings (SSSR count). The largest absolute Gasteiger partial charge is 0.478 e. The van der Waals surface area contributed by atoms with E-state index in [-0.39, 0.29) is 12.1 Å². The molecule has 0 spiro atoms. The molecule has 1 N–H and O–H groups in total. The van der Waals surface area contributed by atoms with Crippen molar-refractivity contribution in [2.75, 3.05) is 0 Å². The standard InChI is InChI=1S/C20H17F2NO2/c21-14-7-5-13(17(22)10-14)11-23-18-4-2-1-3-15(18)16-8-6-12(20(24)25)9-19(16)23/h5-10H,1-4,11H2,(H,24,25). The third kappa shape index (κ3) is 2.69. The summed E-state index contributed by atoms with van der Waals surface area (Å²) < 4.78 is 29.3. The number of hydrogen-bond acceptors (Lipinski definition) is 1. The van der Waals surface area contributed by atoms with Crippen molar-refractivity contribution in [3.8, 4) is 0 Å². The lowest BCUT2D eigenvalue weighted by molar-refractivity contribution is 0.0697. The van der Waals surface area contributed by atoms with Crippen molar-refractivity contribution in [1.29, 1.82) is 0 Å². The molecule has 1 aromatic heterocycles. The molecule has 0 unspecified atom stereocenters. The zero-order valence-electron chi connectivity index (χ0n) is 13.6. The highest BCUT2D eigenvalue weighted by Crippen LogP contribution is 2.33. The molecule has 0 saturated carbocycles. The molecule has 0 bridgehead atoms. The monoisotopic (exact) mass is 341 g/mol. The van der Waals surface area contributed by atoms with E-state index >= 15 is 0 Å². The van der Waals surface area contributed by atoms with Crippen molar-refractivity contribution in [3.05, 3.63) is 70.4 Å². The van der Waals surface area contributed by atoms with Gasteiger partial charge in [-0.3, -0.25) is 0 Å². The van der Waals surface area contributed by atoms with E-state index in [1.54, 1.807) is 12.1 Å². The summed E-state index contributed by atoms with van der Waals surface area (Å²) in [5, 5.41) is 10.3. The fourth-order valence-electron chi connectivity index (χ4n) is 3.77. The molecular formula is C20H17F2NO2. The first-order valence-corrected chi connectivity index (χ1v) is 8.36. The molecule has 3 nitrogen and oxygen atoms in total. The number of rotatable bonds is 3. The molecule has 0 saturated heterocycles. The van der Waals surface area contributed by atoms with E-state index in [2.05, 4.69) is 0 Å². The van der Waals surface area contributed by atoms with Gasteiger partial charge < -0.3 is 9.67 Å². The van der Waals surface area contributed by atoms with Crippen molar-refractivity contribution in [2.45, 2.75) is 32.2 Å². The van der Waals surface area contributed by atoms with Crippen LogP contribution in [0.4, 0.5) is 8.78 Å². The lowest BCUT2D eigenvalue weighted by Gasteiger charge is -2.16. The fraction of sp³-hybridized carbons (Fsp3) is 0.250. The highest BCUT2D eigenvalue weighted by molar-refractivity contribution is 5.95. The van der Waals surface area contributed by atoms with E-state index in [4.69, 9.17) is 0 Å². The lowest BCUT2D eigenvalue weighted by Crippen LogP contribution is -2.10. The van der Waals surface area contributed by atoms with Gasteiger partial charge in [-0.2, -0.15) is 0 Å². The minimum atomic E-state index is -0.986. The Morgan fingerprint density at radius 1 is 1.08 bits per heavy atom. The molecule has 5 heteroatoms. The zero-order valence-corrected chi connectivity index (χ0v) is 13.6. The first kappa shape index (κ1) is 15.8. The number of fused-ring (bicyclic) bond motifs is 3. The maximum atomic E-state index is 14.1. The van der Waals surface area contributed by atoms with Crippen LogP contribution in [0.3, 0.4) is 0 Å². The molecule has 2 aromatic carbocycles. The summed E-state index contributed by atoms with van der Waals surface area (Å²) in [4.78, 5) is 11.3. The van der Waals surface area contributed by atoms with Gasteiger partial charge in [0.25, 0.3) is 0 Å². The number of aromatic carboxylic acids is 1. The molecule has 25 heavy (non-hydrogen) atoms. The number of carboxylic acids is 1. The molecule has 0 atom stereocenters. The van der Waals surface area contributed by atoms with Crippen LogP contribution in [0.2, 0.25) is 0 Å². The normalized spacial score (nSPS) is 13.8. The second-order valence-corrected chi connectivity index (χ2v) is 6.49. The van der Waals surface area contributed by atoms with Gasteiger partial charge in [-0.1, -0.05) is 12.1 Å². The lowest BCUT2D eigenvalue weighted by atomic mass is 9.95. The molecule has 1 aliphatic carbocycles. The van der Waals surface area contributed by atoms with Gasteiger partial charge in [-0.15, -0.1) is 0 Å². The van der Waals surface area contributed by atoms with Crippen molar-refractivity contribution >= 4 is 16.9 Å². The summed E-state index contributed by atoms with van der Waals surface area (Å²) in [6, 6.07) is 8.70. The highest BCUT2D eigenvalue weighted by Gasteiger charge is 2.21. The molecule has 0 fully saturated rings. The minimum Gasteiger partial charge on any atom is -0.478 e. The average molecular weight is 341 g/mol. The Morgan fingerprint density at radius 3 is 2.64 bits per heavy atom. The van der Waals surface area contributed by atoms with Gasteiger partial charge in [0, 0.05) is 28.2 Å². The molecule has 3 aromatic rings. The van der Waals surface area contributed by atoms with Crippen LogP contribution in [0.25, 0.3) is 10.9 Å². The fourth-order valence-corrected chi connectivity index (χ4v) is 3.77. The van der Waals surface area contributed by atoms with Gasteiger partial charge in [0.15, 0.2) is 0 Å². The van der Waals surface area contributed by atoms with E-state index in [0.717, 1.165) is 48.3 Å². The van der Waals surface area contributed by atoms with Crippen molar-refractivity contribution in [3.63, 3.8) is 0 Å². The van der Waals surface area contributed by atoms with E-state index in [1.807, 2.05) is 10.6 Å². The summed E-state index contributed by atoms with van der Waals surface area (Å²) in [5.41, 5.74) is 3.76. The van der Waals surface area contributed by atoms with Crippen LogP contribution in [0.5, 0.6) is 0 Å². The number of aromatic nitrogens is 1. The van der Waals surface area contributed by atoms with Gasteiger partial charge >= 0.3 is 5.97 Å². The molecular weight excluding hydrogens is 324 g/mol. The number of hydrogen-bond donors (Lipinski definition) is 1. The third-order valence-corrected chi connectivity index (χ3v) is 4.97. The van der Waals surface area contributed by atoms with Gasteiger partial charge in [-0.25, -0.2) is 13.6 Å². The van der Waals surface area contributed by atoms with Crippen molar-refractivity contribution in [2.24, 2.45) is 0 Å². The Bertz CT molecular complexity index is 991. The summed E-state index contributed by atoms with van der Waals surface area (Å²) in [7, 11) is 0. The minimum absolute atomic E-state index is 0.211. The maximum Gasteiger partial charge on any atom is 0.335 e. The predicted octanol–water partition coefficient (Wildman–Crippen LogP) is 4.54. The zero-order chi connectivity index (χ0) is 17.6. The number of benzene rings is 2. The first-order chi connectivity index (χ1) is 12.0. The molecule has 128 valence electrons. The van der Waals surface area contributed by atoms with Crippen LogP contribution in [0.1, 0.15) is 40.0 Å². The summed E-state index contributed by atoms with van der Waals surface area (Å²) in [5.74, 6) is -2.17. The molecule has 1 heterocycles. The maximum absolute atomic E-state index is 14.1. The molecule has 0 radical (unpaired) electrons. The Balaban J connectivity index is 1.91. The number of nitrogens with zero attached hydrogens (tertiary/aromatic N) is 1.